The normalized spacial score (nSPS) is 17.8. The van der Waals surface area contributed by atoms with E-state index in [9.17, 15) is 15.0 Å². The van der Waals surface area contributed by atoms with Gasteiger partial charge in [0.15, 0.2) is 11.4 Å². The molecule has 152 valence electrons. The van der Waals surface area contributed by atoms with Crippen molar-refractivity contribution in [3.05, 3.63) is 64.6 Å². The van der Waals surface area contributed by atoms with Gasteiger partial charge >= 0.3 is 0 Å². The van der Waals surface area contributed by atoms with Gasteiger partial charge in [0.2, 0.25) is 6.41 Å². The van der Waals surface area contributed by atoms with E-state index in [0.717, 1.165) is 53.9 Å². The second-order valence-electron chi connectivity index (χ2n) is 7.85. The summed E-state index contributed by atoms with van der Waals surface area (Å²) in [6, 6.07) is 9.48. The van der Waals surface area contributed by atoms with E-state index in [2.05, 4.69) is 4.98 Å². The maximum absolute atomic E-state index is 11.6. The summed E-state index contributed by atoms with van der Waals surface area (Å²) in [6.45, 7) is 4.62. The second-order valence-corrected chi connectivity index (χ2v) is 7.85. The Morgan fingerprint density at radius 3 is 2.76 bits per heavy atom. The van der Waals surface area contributed by atoms with Crippen molar-refractivity contribution < 1.29 is 15.0 Å². The number of carbonyl (C=O) groups excluding carboxylic acids is 1. The van der Waals surface area contributed by atoms with Gasteiger partial charge in [-0.1, -0.05) is 30.3 Å². The Morgan fingerprint density at radius 2 is 2.03 bits per heavy atom. The highest BCUT2D eigenvalue weighted by Crippen LogP contribution is 2.39. The number of aliphatic hydroxyl groups excluding tert-OH is 1. The molecule has 1 aliphatic rings. The molecule has 6 heteroatoms. The summed E-state index contributed by atoms with van der Waals surface area (Å²) in [4.78, 5) is 17.9. The van der Waals surface area contributed by atoms with Gasteiger partial charge in [-0.15, -0.1) is 0 Å². The molecule has 2 N–H and O–H groups in total. The maximum Gasteiger partial charge on any atom is 0.210 e. The Morgan fingerprint density at radius 1 is 1.28 bits per heavy atom. The average Bonchev–Trinajstić information content (AvgIpc) is 3.32. The predicted molar refractivity (Wildman–Crippen MR) is 111 cm³/mol. The van der Waals surface area contributed by atoms with Crippen LogP contribution in [0.1, 0.15) is 59.5 Å². The fourth-order valence-corrected chi connectivity index (χ4v) is 4.36. The lowest BCUT2D eigenvalue weighted by Gasteiger charge is -2.24. The lowest BCUT2D eigenvalue weighted by molar-refractivity contribution is -0.118. The number of aliphatic hydroxyl groups is 1. The summed E-state index contributed by atoms with van der Waals surface area (Å²) >= 11 is 0. The smallest absolute Gasteiger partial charge is 0.210 e. The third kappa shape index (κ3) is 3.49. The number of rotatable bonds is 6. The number of fused-ring (bicyclic) bond motifs is 1. The molecule has 4 rings (SSSR count). The Labute approximate surface area is 170 Å². The number of hydrogen-bond acceptors (Lipinski definition) is 4. The number of aromatic nitrogens is 2. The highest BCUT2D eigenvalue weighted by atomic mass is 16.3. The molecule has 1 saturated heterocycles. The summed E-state index contributed by atoms with van der Waals surface area (Å²) < 4.78 is 1.92. The highest BCUT2D eigenvalue weighted by Gasteiger charge is 2.30. The van der Waals surface area contributed by atoms with Crippen LogP contribution >= 0.6 is 0 Å². The minimum atomic E-state index is -0.617. The molecule has 1 aliphatic heterocycles. The minimum absolute atomic E-state index is 0.0613. The summed E-state index contributed by atoms with van der Waals surface area (Å²) in [5, 5.41) is 21.7. The molecule has 6 nitrogen and oxygen atoms in total. The number of aryl methyl sites for hydroxylation is 2. The van der Waals surface area contributed by atoms with E-state index in [-0.39, 0.29) is 11.8 Å². The third-order valence-corrected chi connectivity index (χ3v) is 6.14. The number of aromatic hydroxyl groups is 1. The van der Waals surface area contributed by atoms with Crippen molar-refractivity contribution >= 4 is 12.1 Å². The topological polar surface area (TPSA) is 78.1 Å². The maximum atomic E-state index is 11.6. The molecule has 0 spiro atoms. The summed E-state index contributed by atoms with van der Waals surface area (Å²) in [6.07, 6.45) is 5.08. The molecule has 0 radical (unpaired) electrons. The molecule has 0 aliphatic carbocycles. The van der Waals surface area contributed by atoms with Crippen molar-refractivity contribution in [2.45, 2.75) is 51.7 Å². The van der Waals surface area contributed by atoms with Crippen LogP contribution in [0.15, 0.2) is 36.5 Å². The van der Waals surface area contributed by atoms with Crippen molar-refractivity contribution in [3.63, 3.8) is 0 Å². The lowest BCUT2D eigenvalue weighted by Crippen LogP contribution is -2.22. The first kappa shape index (κ1) is 19.5. The van der Waals surface area contributed by atoms with Crippen LogP contribution in [0.2, 0.25) is 0 Å². The number of amides is 1. The summed E-state index contributed by atoms with van der Waals surface area (Å²) in [7, 11) is 0. The van der Waals surface area contributed by atoms with Gasteiger partial charge in [0.1, 0.15) is 0 Å². The van der Waals surface area contributed by atoms with Crippen LogP contribution in [0.5, 0.6) is 5.75 Å². The van der Waals surface area contributed by atoms with E-state index in [1.807, 2.05) is 54.8 Å². The van der Waals surface area contributed by atoms with Crippen LogP contribution in [-0.4, -0.2) is 37.5 Å². The molecule has 0 bridgehead atoms. The van der Waals surface area contributed by atoms with Crippen LogP contribution in [0.3, 0.4) is 0 Å². The lowest BCUT2D eigenvalue weighted by atomic mass is 9.94. The van der Waals surface area contributed by atoms with Gasteiger partial charge in [0, 0.05) is 24.0 Å². The molecule has 1 fully saturated rings. The molecule has 29 heavy (non-hydrogen) atoms. The number of imidazole rings is 1. The van der Waals surface area contributed by atoms with Crippen LogP contribution in [0.25, 0.3) is 5.65 Å². The number of pyridine rings is 1. The van der Waals surface area contributed by atoms with E-state index in [1.165, 1.54) is 0 Å². The predicted octanol–water partition coefficient (Wildman–Crippen LogP) is 3.62. The molecular weight excluding hydrogens is 366 g/mol. The monoisotopic (exact) mass is 393 g/mol. The second kappa shape index (κ2) is 7.87. The first-order valence-electron chi connectivity index (χ1n) is 10.1. The third-order valence-electron chi connectivity index (χ3n) is 6.14. The Hall–Kier alpha value is -2.86. The van der Waals surface area contributed by atoms with Crippen LogP contribution in [0.4, 0.5) is 0 Å². The first-order valence-corrected chi connectivity index (χ1v) is 10.1. The molecule has 3 aromatic rings. The largest absolute Gasteiger partial charge is 0.504 e. The van der Waals surface area contributed by atoms with Crippen molar-refractivity contribution in [1.29, 1.82) is 0 Å². The van der Waals surface area contributed by atoms with Crippen molar-refractivity contribution in [2.24, 2.45) is 0 Å². The minimum Gasteiger partial charge on any atom is -0.504 e. The Balaban J connectivity index is 1.75. The van der Waals surface area contributed by atoms with Crippen molar-refractivity contribution in [3.8, 4) is 5.75 Å². The van der Waals surface area contributed by atoms with Gasteiger partial charge in [0.25, 0.3) is 0 Å². The van der Waals surface area contributed by atoms with Gasteiger partial charge in [0.05, 0.1) is 17.8 Å². The fraction of sp³-hybridized carbons (Fsp3) is 0.391. The quantitative estimate of drug-likeness (QED) is 0.627. The zero-order chi connectivity index (χ0) is 20.5. The summed E-state index contributed by atoms with van der Waals surface area (Å²) in [5.41, 5.74) is 4.95. The highest BCUT2D eigenvalue weighted by molar-refractivity contribution is 5.62. The number of benzene rings is 1. The zero-order valence-corrected chi connectivity index (χ0v) is 16.9. The Bertz CT molecular complexity index is 1030. The molecule has 1 aromatic carbocycles. The zero-order valence-electron chi connectivity index (χ0n) is 16.9. The molecule has 3 heterocycles. The van der Waals surface area contributed by atoms with Gasteiger partial charge in [-0.25, -0.2) is 4.98 Å². The van der Waals surface area contributed by atoms with E-state index in [1.54, 1.807) is 4.90 Å². The average molecular weight is 393 g/mol. The van der Waals surface area contributed by atoms with Crippen molar-refractivity contribution in [1.82, 2.24) is 14.3 Å². The fourth-order valence-electron chi connectivity index (χ4n) is 4.36. The number of likely N-dealkylation sites (tertiary alicyclic amines) is 1. The van der Waals surface area contributed by atoms with E-state index in [4.69, 9.17) is 0 Å². The standard InChI is InChI=1S/C23H27N3O3/c1-15-16(2)26-13-19(20-9-6-12-25(20)14-27)18(22(29)23(26)24-15)10-11-21(28)17-7-4-3-5-8-17/h3-5,7-8,13-14,20-21,28-29H,6,9-12H2,1-2H3. The molecule has 2 aromatic heterocycles. The van der Waals surface area contributed by atoms with Gasteiger partial charge in [-0.05, 0) is 50.7 Å². The molecular formula is C23H27N3O3. The Kier molecular flexibility index (Phi) is 5.28. The number of carbonyl (C=O) groups is 1. The van der Waals surface area contributed by atoms with Gasteiger partial charge < -0.3 is 19.5 Å². The van der Waals surface area contributed by atoms with Gasteiger partial charge in [-0.3, -0.25) is 4.79 Å². The molecule has 2 atom stereocenters. The SMILES string of the molecule is Cc1nc2c(O)c(CCC(O)c3ccccc3)c(C3CCCN3C=O)cn2c1C. The van der Waals surface area contributed by atoms with Crippen LogP contribution < -0.4 is 0 Å². The van der Waals surface area contributed by atoms with Gasteiger partial charge in [-0.2, -0.15) is 0 Å². The van der Waals surface area contributed by atoms with Crippen molar-refractivity contribution in [2.75, 3.05) is 6.54 Å². The van der Waals surface area contributed by atoms with E-state index < -0.39 is 6.10 Å². The molecule has 0 saturated carbocycles. The molecule has 2 unspecified atom stereocenters. The van der Waals surface area contributed by atoms with Crippen LogP contribution in [0, 0.1) is 13.8 Å². The number of hydrogen-bond donors (Lipinski definition) is 2. The summed E-state index contributed by atoms with van der Waals surface area (Å²) in [5.74, 6) is 0.150. The van der Waals surface area contributed by atoms with Crippen LogP contribution in [-0.2, 0) is 11.2 Å². The first-order chi connectivity index (χ1) is 14.0. The number of nitrogens with zero attached hydrogens (tertiary/aromatic N) is 3. The molecule has 1 amide bonds. The van der Waals surface area contributed by atoms with E-state index >= 15 is 0 Å². The van der Waals surface area contributed by atoms with E-state index in [0.29, 0.717) is 18.5 Å².